The molecule has 1 N–H and O–H groups in total. The minimum Gasteiger partial charge on any atom is -0.497 e. The Morgan fingerprint density at radius 3 is 2.22 bits per heavy atom. The normalized spacial score (nSPS) is 10.6. The van der Waals surface area contributed by atoms with Gasteiger partial charge in [-0.2, -0.15) is 10.2 Å². The van der Waals surface area contributed by atoms with Gasteiger partial charge in [-0.1, -0.05) is 12.1 Å². The molecule has 37 heavy (non-hydrogen) atoms. The number of aromatic nitrogens is 4. The molecule has 4 aromatic rings. The van der Waals surface area contributed by atoms with E-state index in [9.17, 15) is 14.4 Å². The van der Waals surface area contributed by atoms with Gasteiger partial charge in [0.05, 0.1) is 31.6 Å². The first-order valence-electron chi connectivity index (χ1n) is 11.8. The van der Waals surface area contributed by atoms with E-state index in [1.54, 1.807) is 31.4 Å². The molecule has 0 fully saturated rings. The molecular weight excluding hydrogens is 474 g/mol. The van der Waals surface area contributed by atoms with Gasteiger partial charge in [-0.05, 0) is 55.5 Å². The number of carbonyl (C=O) groups is 1. The Labute approximate surface area is 213 Å². The molecule has 2 aromatic heterocycles. The fourth-order valence-corrected chi connectivity index (χ4v) is 3.64. The molecule has 0 aliphatic heterocycles. The maximum atomic E-state index is 12.5. The van der Waals surface area contributed by atoms with Gasteiger partial charge in [-0.25, -0.2) is 9.36 Å². The summed E-state index contributed by atoms with van der Waals surface area (Å²) in [5.41, 5.74) is 2.07. The van der Waals surface area contributed by atoms with Crippen LogP contribution in [-0.4, -0.2) is 45.7 Å². The van der Waals surface area contributed by atoms with Crippen LogP contribution in [0.15, 0.2) is 82.4 Å². The van der Waals surface area contributed by atoms with Crippen molar-refractivity contribution in [3.63, 3.8) is 0 Å². The van der Waals surface area contributed by atoms with Crippen LogP contribution >= 0.6 is 0 Å². The summed E-state index contributed by atoms with van der Waals surface area (Å²) in [6.07, 6.45) is 0. The number of nitrogens with zero attached hydrogens (tertiary/aromatic N) is 4. The average molecular weight is 502 g/mol. The molecule has 0 radical (unpaired) electrons. The zero-order valence-electron chi connectivity index (χ0n) is 20.6. The van der Waals surface area contributed by atoms with E-state index in [-0.39, 0.29) is 25.2 Å². The molecule has 0 saturated carbocycles. The minimum absolute atomic E-state index is 0.156. The quantitative estimate of drug-likeness (QED) is 0.354. The fraction of sp³-hybridized carbons (Fsp3) is 0.222. The molecule has 2 heterocycles. The van der Waals surface area contributed by atoms with Gasteiger partial charge >= 0.3 is 0 Å². The second kappa shape index (κ2) is 11.8. The van der Waals surface area contributed by atoms with Gasteiger partial charge in [0, 0.05) is 29.8 Å². The van der Waals surface area contributed by atoms with Crippen LogP contribution in [0.1, 0.15) is 6.92 Å². The number of carbonyl (C=O) groups excluding carboxylic acids is 1. The largest absolute Gasteiger partial charge is 0.497 e. The van der Waals surface area contributed by atoms with Crippen molar-refractivity contribution in [1.29, 1.82) is 0 Å². The van der Waals surface area contributed by atoms with Crippen LogP contribution in [0.2, 0.25) is 0 Å². The number of rotatable bonds is 10. The van der Waals surface area contributed by atoms with Gasteiger partial charge in [-0.3, -0.25) is 14.4 Å². The third-order valence-corrected chi connectivity index (χ3v) is 5.50. The molecule has 0 aliphatic carbocycles. The highest BCUT2D eigenvalue weighted by Crippen LogP contribution is 2.21. The molecule has 0 bridgehead atoms. The molecule has 190 valence electrons. The topological polar surface area (TPSA) is 117 Å². The lowest BCUT2D eigenvalue weighted by molar-refractivity contribution is -0.121. The summed E-state index contributed by atoms with van der Waals surface area (Å²) < 4.78 is 13.1. The lowest BCUT2D eigenvalue weighted by Crippen LogP contribution is -2.36. The van der Waals surface area contributed by atoms with Gasteiger partial charge in [-0.15, -0.1) is 0 Å². The number of hydrogen-bond acceptors (Lipinski definition) is 7. The summed E-state index contributed by atoms with van der Waals surface area (Å²) in [5.74, 6) is 1.00. The Morgan fingerprint density at radius 2 is 1.51 bits per heavy atom. The standard InChI is InChI=1S/C27H27N5O5/c1-3-37-21-9-7-19(8-10-21)23-11-13-26(34)31(29-23)16-15-28-25(33)18-32-27(35)14-12-24(30-32)20-5-4-6-22(17-20)36-2/h4-14,17H,3,15-16,18H2,1-2H3,(H,28,33). The lowest BCUT2D eigenvalue weighted by Gasteiger charge is -2.10. The summed E-state index contributed by atoms with van der Waals surface area (Å²) in [6, 6.07) is 20.7. The van der Waals surface area contributed by atoms with E-state index in [0.717, 1.165) is 21.6 Å². The Bertz CT molecular complexity index is 1490. The molecule has 0 saturated heterocycles. The van der Waals surface area contributed by atoms with Crippen LogP contribution < -0.4 is 25.9 Å². The predicted octanol–water partition coefficient (Wildman–Crippen LogP) is 2.36. The van der Waals surface area contributed by atoms with Gasteiger partial charge < -0.3 is 14.8 Å². The van der Waals surface area contributed by atoms with Crippen LogP contribution in [0.5, 0.6) is 11.5 Å². The molecule has 0 atom stereocenters. The summed E-state index contributed by atoms with van der Waals surface area (Å²) in [5, 5.41) is 11.4. The molecule has 0 spiro atoms. The SMILES string of the molecule is CCOc1ccc(-c2ccc(=O)n(CCNC(=O)Cn3nc(-c4cccc(OC)c4)ccc3=O)n2)cc1. The van der Waals surface area contributed by atoms with E-state index >= 15 is 0 Å². The highest BCUT2D eigenvalue weighted by atomic mass is 16.5. The first-order valence-corrected chi connectivity index (χ1v) is 11.8. The first-order chi connectivity index (χ1) is 18.0. The molecule has 0 unspecified atom stereocenters. The maximum Gasteiger partial charge on any atom is 0.267 e. The minimum atomic E-state index is -0.409. The number of methoxy groups -OCH3 is 1. The second-order valence-electron chi connectivity index (χ2n) is 8.03. The Balaban J connectivity index is 1.39. The van der Waals surface area contributed by atoms with Crippen molar-refractivity contribution in [3.05, 3.63) is 93.5 Å². The highest BCUT2D eigenvalue weighted by Gasteiger charge is 2.10. The Kier molecular flexibility index (Phi) is 8.09. The highest BCUT2D eigenvalue weighted by molar-refractivity contribution is 5.75. The van der Waals surface area contributed by atoms with Gasteiger partial charge in [0.25, 0.3) is 11.1 Å². The molecular formula is C27H27N5O5. The van der Waals surface area contributed by atoms with E-state index in [1.165, 1.54) is 16.8 Å². The molecule has 1 amide bonds. The first kappa shape index (κ1) is 25.4. The van der Waals surface area contributed by atoms with Crippen LogP contribution in [0.25, 0.3) is 22.5 Å². The van der Waals surface area contributed by atoms with Crippen LogP contribution in [0.3, 0.4) is 0 Å². The second-order valence-corrected chi connectivity index (χ2v) is 8.03. The summed E-state index contributed by atoms with van der Waals surface area (Å²) in [7, 11) is 1.57. The predicted molar refractivity (Wildman–Crippen MR) is 139 cm³/mol. The van der Waals surface area contributed by atoms with Gasteiger partial charge in [0.15, 0.2) is 0 Å². The monoisotopic (exact) mass is 501 g/mol. The molecule has 10 heteroatoms. The van der Waals surface area contributed by atoms with Crippen molar-refractivity contribution >= 4 is 5.91 Å². The van der Waals surface area contributed by atoms with Crippen molar-refractivity contribution in [1.82, 2.24) is 24.9 Å². The van der Waals surface area contributed by atoms with Crippen molar-refractivity contribution in [2.75, 3.05) is 20.3 Å². The number of nitrogens with one attached hydrogen (secondary N) is 1. The smallest absolute Gasteiger partial charge is 0.267 e. The number of benzene rings is 2. The fourth-order valence-electron chi connectivity index (χ4n) is 3.64. The van der Waals surface area contributed by atoms with E-state index in [0.29, 0.717) is 23.7 Å². The average Bonchev–Trinajstić information content (AvgIpc) is 2.91. The molecule has 0 aliphatic rings. The number of hydrogen-bond donors (Lipinski definition) is 1. The van der Waals surface area contributed by atoms with Crippen LogP contribution in [0.4, 0.5) is 0 Å². The Hall–Kier alpha value is -4.73. The lowest BCUT2D eigenvalue weighted by atomic mass is 10.1. The maximum absolute atomic E-state index is 12.5. The molecule has 4 rings (SSSR count). The van der Waals surface area contributed by atoms with Crippen molar-refractivity contribution in [2.45, 2.75) is 20.0 Å². The number of ether oxygens (including phenoxy) is 2. The van der Waals surface area contributed by atoms with E-state index < -0.39 is 11.5 Å². The zero-order chi connectivity index (χ0) is 26.2. The van der Waals surface area contributed by atoms with E-state index in [4.69, 9.17) is 9.47 Å². The molecule has 2 aromatic carbocycles. The summed E-state index contributed by atoms with van der Waals surface area (Å²) in [4.78, 5) is 37.0. The zero-order valence-corrected chi connectivity index (χ0v) is 20.6. The van der Waals surface area contributed by atoms with E-state index in [1.807, 2.05) is 43.3 Å². The van der Waals surface area contributed by atoms with E-state index in [2.05, 4.69) is 15.5 Å². The van der Waals surface area contributed by atoms with Gasteiger partial charge in [0.1, 0.15) is 18.0 Å². The van der Waals surface area contributed by atoms with Crippen molar-refractivity contribution < 1.29 is 14.3 Å². The van der Waals surface area contributed by atoms with Crippen molar-refractivity contribution in [3.8, 4) is 34.0 Å². The van der Waals surface area contributed by atoms with Crippen LogP contribution in [-0.2, 0) is 17.9 Å². The number of amides is 1. The van der Waals surface area contributed by atoms with Crippen LogP contribution in [0, 0.1) is 0 Å². The third-order valence-electron chi connectivity index (χ3n) is 5.50. The third kappa shape index (κ3) is 6.49. The van der Waals surface area contributed by atoms with Crippen molar-refractivity contribution in [2.24, 2.45) is 0 Å². The summed E-state index contributed by atoms with van der Waals surface area (Å²) in [6.45, 7) is 2.56. The van der Waals surface area contributed by atoms with Gasteiger partial charge in [0.2, 0.25) is 5.91 Å². The Morgan fingerprint density at radius 1 is 0.838 bits per heavy atom. The molecule has 10 nitrogen and oxygen atoms in total. The summed E-state index contributed by atoms with van der Waals surface area (Å²) >= 11 is 0.